The van der Waals surface area contributed by atoms with Crippen molar-refractivity contribution in [3.05, 3.63) is 77.9 Å². The number of nitrogens with one attached hydrogen (secondary N) is 2. The van der Waals surface area contributed by atoms with Crippen LogP contribution < -0.4 is 10.7 Å². The average molecular weight is 329 g/mol. The fourth-order valence-electron chi connectivity index (χ4n) is 2.98. The molecule has 2 N–H and O–H groups in total. The Bertz CT molecular complexity index is 1000. The maximum absolute atomic E-state index is 12.6. The van der Waals surface area contributed by atoms with Crippen molar-refractivity contribution in [3.8, 4) is 0 Å². The van der Waals surface area contributed by atoms with E-state index in [0.29, 0.717) is 5.56 Å². The number of rotatable bonds is 4. The van der Waals surface area contributed by atoms with Crippen molar-refractivity contribution in [2.75, 3.05) is 11.9 Å². The first-order valence-electron chi connectivity index (χ1n) is 7.96. The van der Waals surface area contributed by atoms with Crippen LogP contribution in [-0.2, 0) is 4.79 Å². The Labute approximate surface area is 144 Å². The number of Topliss-reactive ketones (excluding diaryl/α,β-unsaturated/α-hetero) is 1. The lowest BCUT2D eigenvalue weighted by molar-refractivity contribution is -0.119. The number of hydrogen-bond donors (Lipinski definition) is 2. The van der Waals surface area contributed by atoms with Gasteiger partial charge in [-0.05, 0) is 17.5 Å². The van der Waals surface area contributed by atoms with E-state index < -0.39 is 0 Å². The summed E-state index contributed by atoms with van der Waals surface area (Å²) >= 11 is 0. The van der Waals surface area contributed by atoms with Crippen LogP contribution in [0, 0.1) is 0 Å². The van der Waals surface area contributed by atoms with Crippen LogP contribution >= 0.6 is 0 Å². The summed E-state index contributed by atoms with van der Waals surface area (Å²) < 4.78 is 0. The molecule has 4 rings (SSSR count). The number of nitrogens with zero attached hydrogens (tertiary/aromatic N) is 1. The Morgan fingerprint density at radius 3 is 2.36 bits per heavy atom. The van der Waals surface area contributed by atoms with Gasteiger partial charge in [0.15, 0.2) is 0 Å². The van der Waals surface area contributed by atoms with Crippen LogP contribution in [0.15, 0.2) is 71.8 Å². The van der Waals surface area contributed by atoms with Gasteiger partial charge in [0.05, 0.1) is 6.54 Å². The van der Waals surface area contributed by atoms with Crippen LogP contribution in [0.2, 0.25) is 0 Å². The number of carbonyl (C=O) groups is 2. The fourth-order valence-corrected chi connectivity index (χ4v) is 2.98. The molecule has 0 unspecified atom stereocenters. The van der Waals surface area contributed by atoms with E-state index in [1.807, 2.05) is 60.7 Å². The lowest BCUT2D eigenvalue weighted by Gasteiger charge is -2.05. The third kappa shape index (κ3) is 2.76. The predicted octanol–water partition coefficient (Wildman–Crippen LogP) is 2.97. The minimum atomic E-state index is -0.313. The van der Waals surface area contributed by atoms with E-state index in [1.54, 1.807) is 6.07 Å². The van der Waals surface area contributed by atoms with Crippen LogP contribution in [0.1, 0.15) is 15.9 Å². The van der Waals surface area contributed by atoms with Crippen LogP contribution in [-0.4, -0.2) is 23.9 Å². The molecule has 0 radical (unpaired) electrons. The summed E-state index contributed by atoms with van der Waals surface area (Å²) in [6.45, 7) is 0.0755. The number of benzene rings is 3. The van der Waals surface area contributed by atoms with Gasteiger partial charge in [0.1, 0.15) is 5.71 Å². The van der Waals surface area contributed by atoms with Crippen molar-refractivity contribution in [1.82, 2.24) is 5.43 Å². The second kappa shape index (κ2) is 6.20. The molecule has 0 fully saturated rings. The first kappa shape index (κ1) is 15.1. The number of para-hydroxylation sites is 1. The van der Waals surface area contributed by atoms with Gasteiger partial charge in [0.25, 0.3) is 5.91 Å². The number of ketones is 1. The SMILES string of the molecule is O=C(CNc1ccccc1)N/N=C1\C(=O)c2cccc3cccc1c23. The molecular weight excluding hydrogens is 314 g/mol. The minimum Gasteiger partial charge on any atom is -0.376 e. The molecule has 0 saturated heterocycles. The summed E-state index contributed by atoms with van der Waals surface area (Å²) in [6.07, 6.45) is 0. The molecule has 3 aromatic carbocycles. The summed E-state index contributed by atoms with van der Waals surface area (Å²) in [5.74, 6) is -0.476. The van der Waals surface area contributed by atoms with E-state index in [2.05, 4.69) is 15.8 Å². The Kier molecular flexibility index (Phi) is 3.74. The molecule has 0 heterocycles. The van der Waals surface area contributed by atoms with Crippen molar-refractivity contribution < 1.29 is 9.59 Å². The second-order valence-electron chi connectivity index (χ2n) is 5.75. The summed E-state index contributed by atoms with van der Waals surface area (Å²) in [7, 11) is 0. The summed E-state index contributed by atoms with van der Waals surface area (Å²) in [4.78, 5) is 24.6. The van der Waals surface area contributed by atoms with E-state index in [0.717, 1.165) is 22.0 Å². The third-order valence-electron chi connectivity index (χ3n) is 4.14. The van der Waals surface area contributed by atoms with E-state index >= 15 is 0 Å². The summed E-state index contributed by atoms with van der Waals surface area (Å²) in [5, 5.41) is 8.97. The zero-order chi connectivity index (χ0) is 17.2. The van der Waals surface area contributed by atoms with Crippen LogP contribution in [0.3, 0.4) is 0 Å². The van der Waals surface area contributed by atoms with E-state index in [4.69, 9.17) is 0 Å². The van der Waals surface area contributed by atoms with Gasteiger partial charge in [0, 0.05) is 22.2 Å². The molecule has 1 aliphatic carbocycles. The lowest BCUT2D eigenvalue weighted by atomic mass is 10.1. The maximum Gasteiger partial charge on any atom is 0.259 e. The molecule has 5 heteroatoms. The molecule has 0 atom stereocenters. The zero-order valence-corrected chi connectivity index (χ0v) is 13.3. The number of anilines is 1. The van der Waals surface area contributed by atoms with Gasteiger partial charge in [-0.3, -0.25) is 9.59 Å². The number of carbonyl (C=O) groups excluding carboxylic acids is 2. The molecule has 0 bridgehead atoms. The van der Waals surface area contributed by atoms with Crippen molar-refractivity contribution >= 4 is 33.9 Å². The monoisotopic (exact) mass is 329 g/mol. The molecule has 1 amide bonds. The highest BCUT2D eigenvalue weighted by molar-refractivity contribution is 6.59. The highest BCUT2D eigenvalue weighted by Crippen LogP contribution is 2.30. The molecule has 122 valence electrons. The quantitative estimate of drug-likeness (QED) is 0.723. The zero-order valence-electron chi connectivity index (χ0n) is 13.3. The highest BCUT2D eigenvalue weighted by atomic mass is 16.2. The maximum atomic E-state index is 12.6. The normalized spacial score (nSPS) is 14.1. The molecule has 0 aliphatic heterocycles. The Morgan fingerprint density at radius 1 is 0.880 bits per heavy atom. The first-order valence-corrected chi connectivity index (χ1v) is 7.96. The number of amides is 1. The molecule has 0 saturated carbocycles. The van der Waals surface area contributed by atoms with E-state index in [-0.39, 0.29) is 23.9 Å². The smallest absolute Gasteiger partial charge is 0.259 e. The molecule has 5 nitrogen and oxygen atoms in total. The van der Waals surface area contributed by atoms with Crippen LogP contribution in [0.25, 0.3) is 10.8 Å². The van der Waals surface area contributed by atoms with Crippen molar-refractivity contribution in [3.63, 3.8) is 0 Å². The Balaban J connectivity index is 1.52. The van der Waals surface area contributed by atoms with E-state index in [9.17, 15) is 9.59 Å². The molecule has 1 aliphatic rings. The van der Waals surface area contributed by atoms with Crippen molar-refractivity contribution in [2.24, 2.45) is 5.10 Å². The van der Waals surface area contributed by atoms with Gasteiger partial charge in [-0.25, -0.2) is 5.43 Å². The van der Waals surface area contributed by atoms with Crippen LogP contribution in [0.5, 0.6) is 0 Å². The Morgan fingerprint density at radius 2 is 1.60 bits per heavy atom. The topological polar surface area (TPSA) is 70.6 Å². The van der Waals surface area contributed by atoms with Gasteiger partial charge in [-0.15, -0.1) is 0 Å². The van der Waals surface area contributed by atoms with Gasteiger partial charge in [-0.2, -0.15) is 5.10 Å². The van der Waals surface area contributed by atoms with Crippen molar-refractivity contribution in [2.45, 2.75) is 0 Å². The molecule has 0 aromatic heterocycles. The highest BCUT2D eigenvalue weighted by Gasteiger charge is 2.28. The van der Waals surface area contributed by atoms with Gasteiger partial charge in [-0.1, -0.05) is 54.6 Å². The van der Waals surface area contributed by atoms with Gasteiger partial charge >= 0.3 is 0 Å². The van der Waals surface area contributed by atoms with Gasteiger partial charge in [0.2, 0.25) is 5.78 Å². The lowest BCUT2D eigenvalue weighted by Crippen LogP contribution is -2.28. The van der Waals surface area contributed by atoms with Crippen molar-refractivity contribution in [1.29, 1.82) is 0 Å². The predicted molar refractivity (Wildman–Crippen MR) is 97.9 cm³/mol. The molecular formula is C20H15N3O2. The van der Waals surface area contributed by atoms with Gasteiger partial charge < -0.3 is 5.32 Å². The minimum absolute atomic E-state index is 0.0755. The standard InChI is InChI=1S/C20H15N3O2/c24-17(12-21-14-8-2-1-3-9-14)22-23-19-15-10-4-6-13-7-5-11-16(18(13)15)20(19)25/h1-11,21H,12H2,(H,22,24)/b23-19-. The summed E-state index contributed by atoms with van der Waals surface area (Å²) in [6, 6.07) is 20.7. The fraction of sp³-hybridized carbons (Fsp3) is 0.0500. The van der Waals surface area contributed by atoms with Crippen LogP contribution in [0.4, 0.5) is 5.69 Å². The molecule has 0 spiro atoms. The summed E-state index contributed by atoms with van der Waals surface area (Å²) in [5.41, 5.74) is 4.98. The largest absolute Gasteiger partial charge is 0.376 e. The third-order valence-corrected chi connectivity index (χ3v) is 4.14. The molecule has 3 aromatic rings. The second-order valence-corrected chi connectivity index (χ2v) is 5.75. The number of hydrogen-bond acceptors (Lipinski definition) is 4. The number of hydrazone groups is 1. The molecule has 25 heavy (non-hydrogen) atoms. The average Bonchev–Trinajstić information content (AvgIpc) is 2.93. The Hall–Kier alpha value is -3.47. The first-order chi connectivity index (χ1) is 12.2. The van der Waals surface area contributed by atoms with E-state index in [1.165, 1.54) is 0 Å².